The number of ether oxygens (including phenoxy) is 1. The fourth-order valence-corrected chi connectivity index (χ4v) is 0.401. The summed E-state index contributed by atoms with van der Waals surface area (Å²) >= 11 is 0. The monoisotopic (exact) mass is 131 g/mol. The summed E-state index contributed by atoms with van der Waals surface area (Å²) < 4.78 is 4.92. The van der Waals surface area contributed by atoms with Crippen LogP contribution in [0.3, 0.4) is 0 Å². The number of Topliss-reactive ketones (excluding diaryl/α,β-unsaturated/α-hetero) is 1. The van der Waals surface area contributed by atoms with E-state index < -0.39 is 5.72 Å². The van der Waals surface area contributed by atoms with Crippen LogP contribution in [0, 0.1) is 0 Å². The van der Waals surface area contributed by atoms with Gasteiger partial charge in [0, 0.05) is 6.61 Å². The minimum atomic E-state index is -1.09. The molecule has 1 unspecified atom stereocenters. The van der Waals surface area contributed by atoms with Gasteiger partial charge in [-0.2, -0.15) is 0 Å². The first-order valence-corrected chi connectivity index (χ1v) is 2.94. The molecule has 0 fully saturated rings. The quantitative estimate of drug-likeness (QED) is 0.560. The summed E-state index contributed by atoms with van der Waals surface area (Å²) in [4.78, 5) is 10.6. The maximum Gasteiger partial charge on any atom is 0.175 e. The van der Waals surface area contributed by atoms with Gasteiger partial charge in [0.1, 0.15) is 0 Å². The van der Waals surface area contributed by atoms with Gasteiger partial charge in [-0.25, -0.2) is 0 Å². The molecule has 3 nitrogen and oxygen atoms in total. The third-order valence-corrected chi connectivity index (χ3v) is 1.14. The first-order valence-electron chi connectivity index (χ1n) is 2.94. The number of hydrogen-bond donors (Lipinski definition) is 1. The van der Waals surface area contributed by atoms with Crippen molar-refractivity contribution in [1.82, 2.24) is 0 Å². The van der Waals surface area contributed by atoms with Gasteiger partial charge in [-0.15, -0.1) is 0 Å². The van der Waals surface area contributed by atoms with Crippen molar-refractivity contribution >= 4 is 5.78 Å². The van der Waals surface area contributed by atoms with Crippen molar-refractivity contribution in [3.05, 3.63) is 0 Å². The Morgan fingerprint density at radius 2 is 2.22 bits per heavy atom. The molecular weight excluding hydrogens is 118 g/mol. The van der Waals surface area contributed by atoms with E-state index in [0.717, 1.165) is 0 Å². The van der Waals surface area contributed by atoms with Gasteiger partial charge in [0.15, 0.2) is 11.5 Å². The average Bonchev–Trinajstić information content (AvgIpc) is 1.65. The van der Waals surface area contributed by atoms with Crippen LogP contribution in [0.15, 0.2) is 0 Å². The molecule has 0 spiro atoms. The smallest absolute Gasteiger partial charge is 0.175 e. The number of ketones is 1. The van der Waals surface area contributed by atoms with Crippen LogP contribution in [0.25, 0.3) is 0 Å². The minimum absolute atomic E-state index is 0.149. The Kier molecular flexibility index (Phi) is 2.81. The lowest BCUT2D eigenvalue weighted by molar-refractivity contribution is -0.138. The average molecular weight is 131 g/mol. The maximum atomic E-state index is 10.6. The van der Waals surface area contributed by atoms with Crippen LogP contribution in [0.1, 0.15) is 20.8 Å². The lowest BCUT2D eigenvalue weighted by Crippen LogP contribution is -2.46. The van der Waals surface area contributed by atoms with Crippen molar-refractivity contribution in [3.8, 4) is 0 Å². The van der Waals surface area contributed by atoms with E-state index in [4.69, 9.17) is 10.5 Å². The van der Waals surface area contributed by atoms with Gasteiger partial charge in [0.25, 0.3) is 0 Å². The molecule has 0 aliphatic heterocycles. The zero-order valence-electron chi connectivity index (χ0n) is 6.10. The molecule has 0 radical (unpaired) electrons. The molecule has 0 aromatic rings. The van der Waals surface area contributed by atoms with Crippen molar-refractivity contribution in [1.29, 1.82) is 0 Å². The largest absolute Gasteiger partial charge is 0.354 e. The van der Waals surface area contributed by atoms with E-state index >= 15 is 0 Å². The van der Waals surface area contributed by atoms with Crippen molar-refractivity contribution in [2.45, 2.75) is 26.5 Å². The molecule has 3 heteroatoms. The van der Waals surface area contributed by atoms with Crippen LogP contribution < -0.4 is 5.73 Å². The molecule has 0 rings (SSSR count). The molecule has 0 aliphatic carbocycles. The Labute approximate surface area is 55.2 Å². The van der Waals surface area contributed by atoms with Crippen LogP contribution in [-0.4, -0.2) is 18.1 Å². The fourth-order valence-electron chi connectivity index (χ4n) is 0.401. The molecule has 0 aliphatic rings. The van der Waals surface area contributed by atoms with Gasteiger partial charge in [0.05, 0.1) is 0 Å². The minimum Gasteiger partial charge on any atom is -0.354 e. The van der Waals surface area contributed by atoms with Crippen LogP contribution in [0.5, 0.6) is 0 Å². The highest BCUT2D eigenvalue weighted by Crippen LogP contribution is 2.01. The van der Waals surface area contributed by atoms with Crippen LogP contribution in [0.2, 0.25) is 0 Å². The van der Waals surface area contributed by atoms with E-state index in [1.165, 1.54) is 6.92 Å². The van der Waals surface area contributed by atoms with Crippen molar-refractivity contribution in [2.24, 2.45) is 5.73 Å². The molecule has 0 bridgehead atoms. The molecule has 54 valence electrons. The number of carbonyl (C=O) groups excluding carboxylic acids is 1. The second kappa shape index (κ2) is 2.94. The predicted octanol–water partition coefficient (Wildman–Crippen LogP) is 0.287. The normalized spacial score (nSPS) is 16.9. The summed E-state index contributed by atoms with van der Waals surface area (Å²) in [6.07, 6.45) is 0. The van der Waals surface area contributed by atoms with E-state index in [1.54, 1.807) is 13.8 Å². The molecule has 0 aromatic heterocycles. The summed E-state index contributed by atoms with van der Waals surface area (Å²) in [6, 6.07) is 0. The Balaban J connectivity index is 3.85. The summed E-state index contributed by atoms with van der Waals surface area (Å²) in [6.45, 7) is 5.23. The van der Waals surface area contributed by atoms with Crippen molar-refractivity contribution < 1.29 is 9.53 Å². The van der Waals surface area contributed by atoms with Gasteiger partial charge in [-0.1, -0.05) is 0 Å². The molecular formula is C6H13NO2. The Bertz CT molecular complexity index is 110. The van der Waals surface area contributed by atoms with E-state index in [-0.39, 0.29) is 5.78 Å². The Morgan fingerprint density at radius 3 is 2.33 bits per heavy atom. The van der Waals surface area contributed by atoms with Gasteiger partial charge >= 0.3 is 0 Å². The summed E-state index contributed by atoms with van der Waals surface area (Å²) in [7, 11) is 0. The highest BCUT2D eigenvalue weighted by atomic mass is 16.5. The van der Waals surface area contributed by atoms with E-state index in [1.807, 2.05) is 0 Å². The van der Waals surface area contributed by atoms with Crippen molar-refractivity contribution in [2.75, 3.05) is 6.61 Å². The lowest BCUT2D eigenvalue weighted by Gasteiger charge is -2.20. The highest BCUT2D eigenvalue weighted by Gasteiger charge is 2.23. The fraction of sp³-hybridized carbons (Fsp3) is 0.833. The maximum absolute atomic E-state index is 10.6. The van der Waals surface area contributed by atoms with Gasteiger partial charge in [0.2, 0.25) is 0 Å². The molecule has 0 amide bonds. The second-order valence-corrected chi connectivity index (χ2v) is 2.10. The topological polar surface area (TPSA) is 52.3 Å². The van der Waals surface area contributed by atoms with Crippen LogP contribution >= 0.6 is 0 Å². The molecule has 2 N–H and O–H groups in total. The summed E-state index contributed by atoms with van der Waals surface area (Å²) in [5.74, 6) is -0.149. The predicted molar refractivity (Wildman–Crippen MR) is 34.9 cm³/mol. The van der Waals surface area contributed by atoms with Crippen LogP contribution in [0.4, 0.5) is 0 Å². The van der Waals surface area contributed by atoms with Gasteiger partial charge < -0.3 is 4.74 Å². The summed E-state index contributed by atoms with van der Waals surface area (Å²) in [5, 5.41) is 0. The first-order chi connectivity index (χ1) is 4.00. The van der Waals surface area contributed by atoms with Crippen molar-refractivity contribution in [3.63, 3.8) is 0 Å². The second-order valence-electron chi connectivity index (χ2n) is 2.10. The van der Waals surface area contributed by atoms with E-state index in [9.17, 15) is 4.79 Å². The number of hydrogen-bond acceptors (Lipinski definition) is 3. The summed E-state index contributed by atoms with van der Waals surface area (Å²) in [5.41, 5.74) is 4.31. The third-order valence-electron chi connectivity index (χ3n) is 1.14. The number of nitrogens with two attached hydrogens (primary N) is 1. The number of carbonyl (C=O) groups is 1. The first kappa shape index (κ1) is 8.59. The van der Waals surface area contributed by atoms with Crippen LogP contribution in [-0.2, 0) is 9.53 Å². The highest BCUT2D eigenvalue weighted by molar-refractivity contribution is 5.83. The Morgan fingerprint density at radius 1 is 1.78 bits per heavy atom. The molecule has 0 saturated carbocycles. The zero-order chi connectivity index (χ0) is 7.49. The Hall–Kier alpha value is -0.410. The molecule has 0 saturated heterocycles. The number of rotatable bonds is 3. The van der Waals surface area contributed by atoms with E-state index in [2.05, 4.69) is 0 Å². The van der Waals surface area contributed by atoms with Gasteiger partial charge in [-0.05, 0) is 20.8 Å². The molecule has 0 aromatic carbocycles. The third kappa shape index (κ3) is 2.58. The standard InChI is InChI=1S/C6H13NO2/c1-4-9-6(3,7)5(2)8/h4,7H2,1-3H3. The molecule has 1 atom stereocenters. The zero-order valence-corrected chi connectivity index (χ0v) is 6.10. The van der Waals surface area contributed by atoms with E-state index in [0.29, 0.717) is 6.61 Å². The SMILES string of the molecule is CCOC(C)(N)C(C)=O. The van der Waals surface area contributed by atoms with Gasteiger partial charge in [-0.3, -0.25) is 10.5 Å². The molecule has 0 heterocycles. The lowest BCUT2D eigenvalue weighted by atomic mass is 10.2. The molecule has 9 heavy (non-hydrogen) atoms.